The summed E-state index contributed by atoms with van der Waals surface area (Å²) in [5.41, 5.74) is -0.105. The standard InChI is InChI=1S/C13H17F2NO2/c1-18-11-7-10(17)12(14)9(13(11)15)6-8-4-2-3-5-16-8/h7-8,16-17H,2-6H2,1H3. The molecule has 0 radical (unpaired) electrons. The van der Waals surface area contributed by atoms with Crippen LogP contribution in [-0.4, -0.2) is 24.8 Å². The second kappa shape index (κ2) is 5.52. The second-order valence-electron chi connectivity index (χ2n) is 4.56. The molecule has 0 aliphatic carbocycles. The Morgan fingerprint density at radius 1 is 1.39 bits per heavy atom. The third kappa shape index (κ3) is 2.56. The van der Waals surface area contributed by atoms with Crippen molar-refractivity contribution in [2.45, 2.75) is 31.7 Å². The maximum absolute atomic E-state index is 14.0. The Labute approximate surface area is 105 Å². The van der Waals surface area contributed by atoms with Crippen molar-refractivity contribution in [1.29, 1.82) is 0 Å². The van der Waals surface area contributed by atoms with Gasteiger partial charge in [0.25, 0.3) is 0 Å². The quantitative estimate of drug-likeness (QED) is 0.873. The van der Waals surface area contributed by atoms with Crippen molar-refractivity contribution in [2.75, 3.05) is 13.7 Å². The van der Waals surface area contributed by atoms with Gasteiger partial charge in [0.15, 0.2) is 23.1 Å². The molecule has 0 bridgehead atoms. The lowest BCUT2D eigenvalue weighted by Gasteiger charge is -2.24. The number of aromatic hydroxyl groups is 1. The molecule has 18 heavy (non-hydrogen) atoms. The van der Waals surface area contributed by atoms with Crippen LogP contribution in [-0.2, 0) is 6.42 Å². The molecule has 3 nitrogen and oxygen atoms in total. The van der Waals surface area contributed by atoms with E-state index in [0.29, 0.717) is 0 Å². The van der Waals surface area contributed by atoms with Gasteiger partial charge in [-0.2, -0.15) is 0 Å². The van der Waals surface area contributed by atoms with Gasteiger partial charge in [-0.3, -0.25) is 0 Å². The van der Waals surface area contributed by atoms with Gasteiger partial charge in [0.1, 0.15) is 0 Å². The molecule has 0 aromatic heterocycles. The normalized spacial score (nSPS) is 19.8. The lowest BCUT2D eigenvalue weighted by molar-refractivity contribution is 0.353. The number of rotatable bonds is 3. The summed E-state index contributed by atoms with van der Waals surface area (Å²) in [6.45, 7) is 0.865. The van der Waals surface area contributed by atoms with Crippen molar-refractivity contribution in [3.63, 3.8) is 0 Å². The van der Waals surface area contributed by atoms with E-state index in [1.807, 2.05) is 0 Å². The van der Waals surface area contributed by atoms with E-state index in [2.05, 4.69) is 5.32 Å². The maximum atomic E-state index is 14.0. The Hall–Kier alpha value is -1.36. The molecular formula is C13H17F2NO2. The highest BCUT2D eigenvalue weighted by Gasteiger charge is 2.23. The molecule has 5 heteroatoms. The summed E-state index contributed by atoms with van der Waals surface area (Å²) in [5.74, 6) is -2.31. The van der Waals surface area contributed by atoms with Crippen molar-refractivity contribution in [1.82, 2.24) is 5.32 Å². The number of phenolic OH excluding ortho intramolecular Hbond substituents is 1. The summed E-state index contributed by atoms with van der Waals surface area (Å²) in [7, 11) is 1.29. The molecule has 100 valence electrons. The van der Waals surface area contributed by atoms with Gasteiger partial charge in [-0.05, 0) is 25.8 Å². The molecule has 0 saturated carbocycles. The molecule has 1 atom stereocenters. The van der Waals surface area contributed by atoms with E-state index in [1.165, 1.54) is 7.11 Å². The summed E-state index contributed by atoms with van der Waals surface area (Å²) in [6, 6.07) is 1.01. The van der Waals surface area contributed by atoms with Gasteiger partial charge in [0.2, 0.25) is 0 Å². The van der Waals surface area contributed by atoms with E-state index in [0.717, 1.165) is 31.9 Å². The number of piperidine rings is 1. The highest BCUT2D eigenvalue weighted by molar-refractivity contribution is 5.41. The first-order chi connectivity index (χ1) is 8.63. The Kier molecular flexibility index (Phi) is 4.01. The van der Waals surface area contributed by atoms with E-state index >= 15 is 0 Å². The first kappa shape index (κ1) is 13.1. The second-order valence-corrected chi connectivity index (χ2v) is 4.56. The molecule has 1 aromatic rings. The van der Waals surface area contributed by atoms with Crippen molar-refractivity contribution in [3.05, 3.63) is 23.3 Å². The van der Waals surface area contributed by atoms with E-state index in [-0.39, 0.29) is 23.8 Å². The number of nitrogens with one attached hydrogen (secondary N) is 1. The Bertz CT molecular complexity index is 431. The lowest BCUT2D eigenvalue weighted by atomic mass is 9.96. The third-order valence-electron chi connectivity index (χ3n) is 3.32. The van der Waals surface area contributed by atoms with Gasteiger partial charge in [-0.1, -0.05) is 6.42 Å². The molecule has 1 aliphatic rings. The topological polar surface area (TPSA) is 41.5 Å². The zero-order chi connectivity index (χ0) is 13.1. The van der Waals surface area contributed by atoms with Gasteiger partial charge in [0.05, 0.1) is 7.11 Å². The molecule has 2 N–H and O–H groups in total. The molecule has 1 fully saturated rings. The summed E-state index contributed by atoms with van der Waals surface area (Å²) in [5, 5.41) is 12.6. The van der Waals surface area contributed by atoms with Crippen LogP contribution in [0.5, 0.6) is 11.5 Å². The predicted molar refractivity (Wildman–Crippen MR) is 63.9 cm³/mol. The maximum Gasteiger partial charge on any atom is 0.171 e. The first-order valence-corrected chi connectivity index (χ1v) is 6.10. The number of hydrogen-bond donors (Lipinski definition) is 2. The predicted octanol–water partition coefficient (Wildman–Crippen LogP) is 2.36. The SMILES string of the molecule is COc1cc(O)c(F)c(CC2CCCCN2)c1F. The highest BCUT2D eigenvalue weighted by Crippen LogP contribution is 2.31. The van der Waals surface area contributed by atoms with Crippen LogP contribution in [0.4, 0.5) is 8.78 Å². The van der Waals surface area contributed by atoms with Crippen LogP contribution in [0.3, 0.4) is 0 Å². The van der Waals surface area contributed by atoms with Crippen LogP contribution in [0.2, 0.25) is 0 Å². The Morgan fingerprint density at radius 3 is 2.78 bits per heavy atom. The molecule has 1 heterocycles. The van der Waals surface area contributed by atoms with E-state index < -0.39 is 17.4 Å². The first-order valence-electron chi connectivity index (χ1n) is 6.10. The fourth-order valence-electron chi connectivity index (χ4n) is 2.32. The molecule has 1 unspecified atom stereocenters. The molecule has 1 saturated heterocycles. The monoisotopic (exact) mass is 257 g/mol. The average Bonchev–Trinajstić information content (AvgIpc) is 2.40. The van der Waals surface area contributed by atoms with Crippen molar-refractivity contribution in [2.24, 2.45) is 0 Å². The molecule has 0 spiro atoms. The van der Waals surface area contributed by atoms with Crippen LogP contribution in [0.25, 0.3) is 0 Å². The fraction of sp³-hybridized carbons (Fsp3) is 0.538. The summed E-state index contributed by atoms with van der Waals surface area (Å²) >= 11 is 0. The Morgan fingerprint density at radius 2 is 2.17 bits per heavy atom. The van der Waals surface area contributed by atoms with Crippen molar-refractivity contribution >= 4 is 0 Å². The van der Waals surface area contributed by atoms with E-state index in [1.54, 1.807) is 0 Å². The van der Waals surface area contributed by atoms with Gasteiger partial charge >= 0.3 is 0 Å². The molecule has 1 aromatic carbocycles. The van der Waals surface area contributed by atoms with Crippen LogP contribution in [0.15, 0.2) is 6.07 Å². The largest absolute Gasteiger partial charge is 0.505 e. The van der Waals surface area contributed by atoms with Gasteiger partial charge in [-0.25, -0.2) is 8.78 Å². The zero-order valence-corrected chi connectivity index (χ0v) is 10.3. The number of hydrogen-bond acceptors (Lipinski definition) is 3. The van der Waals surface area contributed by atoms with Crippen LogP contribution < -0.4 is 10.1 Å². The number of benzene rings is 1. The van der Waals surface area contributed by atoms with E-state index in [9.17, 15) is 13.9 Å². The minimum Gasteiger partial charge on any atom is -0.505 e. The smallest absolute Gasteiger partial charge is 0.171 e. The summed E-state index contributed by atoms with van der Waals surface area (Å²) in [4.78, 5) is 0. The van der Waals surface area contributed by atoms with Crippen LogP contribution in [0, 0.1) is 11.6 Å². The lowest BCUT2D eigenvalue weighted by Crippen LogP contribution is -2.36. The number of methoxy groups -OCH3 is 1. The minimum absolute atomic E-state index is 0.0502. The zero-order valence-electron chi connectivity index (χ0n) is 10.3. The van der Waals surface area contributed by atoms with Gasteiger partial charge in [-0.15, -0.1) is 0 Å². The van der Waals surface area contributed by atoms with Crippen molar-refractivity contribution < 1.29 is 18.6 Å². The molecular weight excluding hydrogens is 240 g/mol. The molecule has 1 aliphatic heterocycles. The average molecular weight is 257 g/mol. The number of ether oxygens (including phenoxy) is 1. The molecule has 2 rings (SSSR count). The minimum atomic E-state index is -0.888. The Balaban J connectivity index is 2.27. The van der Waals surface area contributed by atoms with Gasteiger partial charge < -0.3 is 15.2 Å². The van der Waals surface area contributed by atoms with Gasteiger partial charge in [0, 0.05) is 17.7 Å². The summed E-state index contributed by atoms with van der Waals surface area (Å²) in [6.07, 6.45) is 3.25. The summed E-state index contributed by atoms with van der Waals surface area (Å²) < 4.78 is 32.5. The number of phenols is 1. The highest BCUT2D eigenvalue weighted by atomic mass is 19.1. The molecule has 0 amide bonds. The van der Waals surface area contributed by atoms with E-state index in [4.69, 9.17) is 4.74 Å². The van der Waals surface area contributed by atoms with Crippen LogP contribution >= 0.6 is 0 Å². The fourth-order valence-corrected chi connectivity index (χ4v) is 2.32. The van der Waals surface area contributed by atoms with Crippen LogP contribution in [0.1, 0.15) is 24.8 Å². The third-order valence-corrected chi connectivity index (χ3v) is 3.32. The van der Waals surface area contributed by atoms with Crippen molar-refractivity contribution in [3.8, 4) is 11.5 Å². The number of halogens is 2.